The summed E-state index contributed by atoms with van der Waals surface area (Å²) < 4.78 is 0. The molecule has 1 aliphatic heterocycles. The maximum absolute atomic E-state index is 13.0. The number of hydrogen-bond donors (Lipinski definition) is 4. The highest BCUT2D eigenvalue weighted by molar-refractivity contribution is 5.88. The molecule has 0 fully saturated rings. The van der Waals surface area contributed by atoms with Gasteiger partial charge in [0.25, 0.3) is 0 Å². The number of rotatable bonds is 7. The van der Waals surface area contributed by atoms with E-state index in [1.165, 1.54) is 10.1 Å². The second kappa shape index (κ2) is 10.1. The summed E-state index contributed by atoms with van der Waals surface area (Å²) in [5.74, 6) is 5.16. The van der Waals surface area contributed by atoms with Gasteiger partial charge in [-0.3, -0.25) is 4.79 Å². The maximum Gasteiger partial charge on any atom is 0.250 e. The van der Waals surface area contributed by atoms with Crippen molar-refractivity contribution in [3.63, 3.8) is 0 Å². The Hall–Kier alpha value is -1.64. The first-order valence-corrected chi connectivity index (χ1v) is 8.93. The quantitative estimate of drug-likeness (QED) is 0.511. The van der Waals surface area contributed by atoms with Crippen LogP contribution in [0.5, 0.6) is 0 Å². The molecule has 0 aromatic heterocycles. The number of aliphatic hydroxyl groups is 2. The fraction of sp³-hybridized carbons (Fsp3) is 0.526. The molecule has 0 saturated heterocycles. The van der Waals surface area contributed by atoms with E-state index >= 15 is 0 Å². The van der Waals surface area contributed by atoms with Gasteiger partial charge in [0.1, 0.15) is 0 Å². The molecule has 1 amide bonds. The van der Waals surface area contributed by atoms with Crippen molar-refractivity contribution in [3.05, 3.63) is 41.0 Å². The number of halogens is 1. The van der Waals surface area contributed by atoms with Gasteiger partial charge in [0.05, 0.1) is 11.6 Å². The second-order valence-electron chi connectivity index (χ2n) is 7.19. The average Bonchev–Trinajstić information content (AvgIpc) is 2.62. The van der Waals surface area contributed by atoms with Gasteiger partial charge in [0.2, 0.25) is 5.91 Å². The highest BCUT2D eigenvalue weighted by Gasteiger charge is 2.41. The maximum atomic E-state index is 13.0. The Morgan fingerprint density at radius 2 is 1.70 bits per heavy atom. The van der Waals surface area contributed by atoms with Gasteiger partial charge in [-0.25, -0.2) is 16.0 Å². The first kappa shape index (κ1) is 23.4. The Bertz CT molecular complexity index is 659. The standard InChI is InChI=1S/C19H30N4O3.ClH/c1-12(2)9-22-19(26)17(16(10-24)11-25)13(3)18(23(22)21)15-6-4-14(8-20)5-7-15;/h4-7,12,16-17,24-25H,8-11,20-21H2,1-3H3;1H. The third-order valence-corrected chi connectivity index (χ3v) is 4.79. The van der Waals surface area contributed by atoms with Crippen molar-refractivity contribution in [1.29, 1.82) is 0 Å². The van der Waals surface area contributed by atoms with E-state index in [0.717, 1.165) is 16.7 Å². The van der Waals surface area contributed by atoms with Crippen molar-refractivity contribution in [3.8, 4) is 0 Å². The number of amides is 1. The normalized spacial score (nSPS) is 17.8. The molecule has 8 heteroatoms. The molecule has 7 nitrogen and oxygen atoms in total. The SMILES string of the molecule is CC1=C(c2ccc(CN)cc2)N(N)N(CC(C)C)C(=O)C1C(CO)CO.Cl. The minimum absolute atomic E-state index is 0. The largest absolute Gasteiger partial charge is 0.396 e. The third-order valence-electron chi connectivity index (χ3n) is 4.79. The van der Waals surface area contributed by atoms with E-state index in [4.69, 9.17) is 11.6 Å². The molecule has 1 unspecified atom stereocenters. The predicted octanol–water partition coefficient (Wildman–Crippen LogP) is 1.10. The van der Waals surface area contributed by atoms with Crippen molar-refractivity contribution in [1.82, 2.24) is 10.1 Å². The average molecular weight is 399 g/mol. The Balaban J connectivity index is 0.00000364. The molecule has 1 aromatic carbocycles. The molecule has 1 aliphatic rings. The highest BCUT2D eigenvalue weighted by atomic mass is 35.5. The highest BCUT2D eigenvalue weighted by Crippen LogP contribution is 2.36. The first-order valence-electron chi connectivity index (χ1n) is 8.93. The molecule has 0 bridgehead atoms. The van der Waals surface area contributed by atoms with Gasteiger partial charge in [-0.2, -0.15) is 0 Å². The lowest BCUT2D eigenvalue weighted by Gasteiger charge is -2.44. The summed E-state index contributed by atoms with van der Waals surface area (Å²) in [4.78, 5) is 13.0. The molecular weight excluding hydrogens is 368 g/mol. The van der Waals surface area contributed by atoms with Gasteiger partial charge in [-0.1, -0.05) is 38.1 Å². The van der Waals surface area contributed by atoms with E-state index in [2.05, 4.69) is 0 Å². The van der Waals surface area contributed by atoms with Crippen molar-refractivity contribution < 1.29 is 15.0 Å². The van der Waals surface area contributed by atoms with Crippen LogP contribution in [0.3, 0.4) is 0 Å². The zero-order chi connectivity index (χ0) is 19.4. The summed E-state index contributed by atoms with van der Waals surface area (Å²) in [7, 11) is 0. The molecule has 1 atom stereocenters. The lowest BCUT2D eigenvalue weighted by atomic mass is 9.82. The number of nitrogens with two attached hydrogens (primary N) is 2. The molecular formula is C19H31ClN4O3. The smallest absolute Gasteiger partial charge is 0.250 e. The van der Waals surface area contributed by atoms with E-state index in [-0.39, 0.29) is 37.4 Å². The molecule has 2 rings (SSSR count). The third kappa shape index (κ3) is 4.80. The van der Waals surface area contributed by atoms with Gasteiger partial charge in [-0.15, -0.1) is 12.4 Å². The molecule has 0 spiro atoms. The molecule has 27 heavy (non-hydrogen) atoms. The second-order valence-corrected chi connectivity index (χ2v) is 7.19. The Morgan fingerprint density at radius 1 is 1.15 bits per heavy atom. The lowest BCUT2D eigenvalue weighted by Crippen LogP contribution is -2.58. The van der Waals surface area contributed by atoms with Crippen LogP contribution in [0.25, 0.3) is 5.70 Å². The van der Waals surface area contributed by atoms with E-state index in [9.17, 15) is 15.0 Å². The lowest BCUT2D eigenvalue weighted by molar-refractivity contribution is -0.153. The van der Waals surface area contributed by atoms with Gasteiger partial charge in [0.15, 0.2) is 0 Å². The van der Waals surface area contributed by atoms with Crippen LogP contribution in [0, 0.1) is 17.8 Å². The summed E-state index contributed by atoms with van der Waals surface area (Å²) in [6, 6.07) is 7.71. The number of benzene rings is 1. The molecule has 0 radical (unpaired) electrons. The molecule has 1 heterocycles. The number of hydrogen-bond acceptors (Lipinski definition) is 6. The monoisotopic (exact) mass is 398 g/mol. The van der Waals surface area contributed by atoms with Crippen LogP contribution in [0.15, 0.2) is 29.8 Å². The Kier molecular flexibility index (Phi) is 8.71. The van der Waals surface area contributed by atoms with Crippen LogP contribution >= 0.6 is 12.4 Å². The van der Waals surface area contributed by atoms with Crippen LogP contribution in [-0.2, 0) is 11.3 Å². The summed E-state index contributed by atoms with van der Waals surface area (Å²) >= 11 is 0. The fourth-order valence-electron chi connectivity index (χ4n) is 3.41. The van der Waals surface area contributed by atoms with E-state index in [1.54, 1.807) is 0 Å². The minimum Gasteiger partial charge on any atom is -0.396 e. The van der Waals surface area contributed by atoms with Gasteiger partial charge in [0, 0.05) is 37.8 Å². The summed E-state index contributed by atoms with van der Waals surface area (Å²) in [5, 5.41) is 22.2. The van der Waals surface area contributed by atoms with Crippen molar-refractivity contribution >= 4 is 24.0 Å². The van der Waals surface area contributed by atoms with Crippen molar-refractivity contribution in [2.45, 2.75) is 27.3 Å². The van der Waals surface area contributed by atoms with E-state index < -0.39 is 11.8 Å². The van der Waals surface area contributed by atoms with Crippen LogP contribution < -0.4 is 11.6 Å². The van der Waals surface area contributed by atoms with Gasteiger partial charge < -0.3 is 15.9 Å². The molecule has 1 aromatic rings. The molecule has 152 valence electrons. The van der Waals surface area contributed by atoms with Crippen LogP contribution in [0.1, 0.15) is 31.9 Å². The number of nitrogens with zero attached hydrogens (tertiary/aromatic N) is 2. The van der Waals surface area contributed by atoms with Crippen molar-refractivity contribution in [2.24, 2.45) is 29.3 Å². The number of hydrazine groups is 2. The van der Waals surface area contributed by atoms with Gasteiger partial charge in [-0.05, 0) is 24.0 Å². The molecule has 6 N–H and O–H groups in total. The summed E-state index contributed by atoms with van der Waals surface area (Å²) in [6.07, 6.45) is 0. The van der Waals surface area contributed by atoms with E-state index in [1.807, 2.05) is 45.0 Å². The minimum atomic E-state index is -0.618. The number of carbonyl (C=O) groups is 1. The molecule has 0 saturated carbocycles. The Labute approximate surface area is 167 Å². The van der Waals surface area contributed by atoms with Crippen LogP contribution in [0.4, 0.5) is 0 Å². The van der Waals surface area contributed by atoms with Crippen LogP contribution in [-0.4, -0.2) is 46.0 Å². The Morgan fingerprint density at radius 3 is 2.15 bits per heavy atom. The molecule has 0 aliphatic carbocycles. The van der Waals surface area contributed by atoms with Crippen molar-refractivity contribution in [2.75, 3.05) is 19.8 Å². The zero-order valence-electron chi connectivity index (χ0n) is 16.1. The zero-order valence-corrected chi connectivity index (χ0v) is 16.9. The van der Waals surface area contributed by atoms with Crippen LogP contribution in [0.2, 0.25) is 0 Å². The number of aliphatic hydroxyl groups excluding tert-OH is 2. The summed E-state index contributed by atoms with van der Waals surface area (Å²) in [5.41, 5.74) is 8.99. The predicted molar refractivity (Wildman–Crippen MR) is 108 cm³/mol. The fourth-order valence-corrected chi connectivity index (χ4v) is 3.41. The first-order chi connectivity index (χ1) is 12.3. The van der Waals surface area contributed by atoms with Gasteiger partial charge >= 0.3 is 0 Å². The number of carbonyl (C=O) groups excluding carboxylic acids is 1. The topological polar surface area (TPSA) is 116 Å². The summed E-state index contributed by atoms with van der Waals surface area (Å²) in [6.45, 7) is 6.20. The van der Waals surface area contributed by atoms with E-state index in [0.29, 0.717) is 18.8 Å².